The SMILES string of the molecule is CCCOCCOCCOOc1cc(C2(c3cc(OCCOCCOCCOC)c(OCCOCCOCCOC)c(C(=O)OC)c3)c3cc(-c4ccc5c(c4)C(C)(C)c4ccccc4-5)ccc3-c3ccc(-c4ccc5c(c4)C(C)(C)c4ccccc4-5)cc32)cc(C(=O)OC)c1OOCCOCCOCCC. The van der Waals surface area contributed by atoms with E-state index in [1.165, 1.54) is 58.7 Å². The van der Waals surface area contributed by atoms with Gasteiger partial charge in [0.15, 0.2) is 11.5 Å². The second-order valence-corrected chi connectivity index (χ2v) is 27.2. The Bertz CT molecular complexity index is 4000. The normalized spacial score (nSPS) is 13.7. The molecule has 0 saturated carbocycles. The van der Waals surface area contributed by atoms with Crippen LogP contribution < -0.4 is 19.2 Å². The second-order valence-electron chi connectivity index (χ2n) is 27.2. The minimum Gasteiger partial charge on any atom is -0.487 e. The van der Waals surface area contributed by atoms with E-state index in [1.54, 1.807) is 32.4 Å². The lowest BCUT2D eigenvalue weighted by atomic mass is 9.66. The van der Waals surface area contributed by atoms with Gasteiger partial charge in [0.25, 0.3) is 0 Å². The van der Waals surface area contributed by atoms with Crippen molar-refractivity contribution in [1.82, 2.24) is 0 Å². The van der Waals surface area contributed by atoms with E-state index in [9.17, 15) is 0 Å². The van der Waals surface area contributed by atoms with Gasteiger partial charge in [0.1, 0.15) is 37.6 Å². The lowest BCUT2D eigenvalue weighted by Gasteiger charge is -2.36. The third kappa shape index (κ3) is 18.1. The van der Waals surface area contributed by atoms with Gasteiger partial charge in [-0.3, -0.25) is 0 Å². The number of esters is 2. The fourth-order valence-electron chi connectivity index (χ4n) is 14.5. The number of carbonyl (C=O) groups excluding carboxylic acids is 2. The maximum Gasteiger partial charge on any atom is 0.341 e. The Kier molecular flexibility index (Phi) is 28.6. The predicted molar refractivity (Wildman–Crippen MR) is 407 cm³/mol. The van der Waals surface area contributed by atoms with Gasteiger partial charge in [0, 0.05) is 38.3 Å². The van der Waals surface area contributed by atoms with Crippen LogP contribution in [0.15, 0.2) is 146 Å². The van der Waals surface area contributed by atoms with E-state index in [0.717, 1.165) is 57.3 Å². The summed E-state index contributed by atoms with van der Waals surface area (Å²) in [5.41, 5.74) is 15.1. The van der Waals surface area contributed by atoms with Crippen LogP contribution >= 0.6 is 0 Å². The molecule has 20 heteroatoms. The smallest absolute Gasteiger partial charge is 0.341 e. The van der Waals surface area contributed by atoms with Crippen LogP contribution in [0.25, 0.3) is 55.6 Å². The van der Waals surface area contributed by atoms with E-state index in [0.29, 0.717) is 90.4 Å². The maximum atomic E-state index is 15.1. The molecule has 3 aliphatic carbocycles. The molecule has 8 aromatic rings. The zero-order valence-electron chi connectivity index (χ0n) is 63.5. The second kappa shape index (κ2) is 38.5. The third-order valence-electron chi connectivity index (χ3n) is 19.7. The summed E-state index contributed by atoms with van der Waals surface area (Å²) in [6.45, 7) is 19.1. The van der Waals surface area contributed by atoms with Crippen molar-refractivity contribution in [3.05, 3.63) is 201 Å². The zero-order valence-corrected chi connectivity index (χ0v) is 63.5. The molecular formula is C87H102O20. The van der Waals surface area contributed by atoms with Crippen molar-refractivity contribution in [2.45, 2.75) is 70.6 Å². The number of methoxy groups -OCH3 is 4. The van der Waals surface area contributed by atoms with E-state index in [1.807, 2.05) is 19.9 Å². The zero-order chi connectivity index (χ0) is 75.2. The van der Waals surface area contributed by atoms with Crippen LogP contribution in [0.5, 0.6) is 23.0 Å². The molecule has 0 saturated heterocycles. The molecule has 3 aliphatic rings. The molecule has 0 bridgehead atoms. The highest BCUT2D eigenvalue weighted by Crippen LogP contribution is 2.61. The molecule has 107 heavy (non-hydrogen) atoms. The Hall–Kier alpha value is -8.58. The largest absolute Gasteiger partial charge is 0.487 e. The standard InChI is InChI=1S/C87H102O20/c1-11-29-94-35-37-100-45-49-104-106-80-58-64(56-72(84(89)93-10)82(80)107-105-50-46-101-38-36-95-30-12-2)87(63-55-71(83(88)92-9)81(103-48-44-99-42-40-97-34-32-91-8)79(57-63)102-47-43-98-41-39-96-33-31-90-7)77-53-61(59-21-25-67-65-17-13-15-19-73(65)85(3,4)75(67)51-59)23-27-69(77)70-28-24-62(54-78(70)87)60-22-26-68-66-18-14-16-20-74(66)86(5,6)76(68)52-60/h13-28,51-58H,11-12,29-50H2,1-10H3. The van der Waals surface area contributed by atoms with Gasteiger partial charge in [-0.2, -0.15) is 9.78 Å². The van der Waals surface area contributed by atoms with Crippen LogP contribution in [0.3, 0.4) is 0 Å². The van der Waals surface area contributed by atoms with Gasteiger partial charge in [-0.25, -0.2) is 9.59 Å². The van der Waals surface area contributed by atoms with Crippen molar-refractivity contribution in [1.29, 1.82) is 0 Å². The van der Waals surface area contributed by atoms with Crippen molar-refractivity contribution in [3.63, 3.8) is 0 Å². The van der Waals surface area contributed by atoms with Gasteiger partial charge < -0.3 is 76.1 Å². The number of fused-ring (bicyclic) bond motifs is 9. The Labute approximate surface area is 628 Å². The Morgan fingerprint density at radius 3 is 1.07 bits per heavy atom. The van der Waals surface area contributed by atoms with Gasteiger partial charge in [-0.1, -0.05) is 139 Å². The lowest BCUT2D eigenvalue weighted by molar-refractivity contribution is -0.236. The van der Waals surface area contributed by atoms with Crippen LogP contribution in [0.4, 0.5) is 0 Å². The number of rotatable bonds is 46. The van der Waals surface area contributed by atoms with Gasteiger partial charge in [-0.05, 0) is 162 Å². The summed E-state index contributed by atoms with van der Waals surface area (Å²) < 4.78 is 82.1. The fourth-order valence-corrected chi connectivity index (χ4v) is 14.5. The molecule has 11 rings (SSSR count). The number of hydrogen-bond donors (Lipinski definition) is 0. The van der Waals surface area contributed by atoms with Gasteiger partial charge in [0.2, 0.25) is 11.5 Å². The van der Waals surface area contributed by atoms with Crippen molar-refractivity contribution in [2.24, 2.45) is 0 Å². The Balaban J connectivity index is 1.16. The minimum atomic E-state index is -1.59. The number of hydrogen-bond acceptors (Lipinski definition) is 20. The monoisotopic (exact) mass is 1470 g/mol. The highest BCUT2D eigenvalue weighted by molar-refractivity contribution is 5.98. The van der Waals surface area contributed by atoms with E-state index < -0.39 is 17.4 Å². The first-order valence-electron chi connectivity index (χ1n) is 37.0. The molecule has 0 spiro atoms. The van der Waals surface area contributed by atoms with Crippen molar-refractivity contribution in [2.75, 3.05) is 174 Å². The number of ether oxygens (including phenoxy) is 14. The lowest BCUT2D eigenvalue weighted by Crippen LogP contribution is -2.30. The molecule has 0 fully saturated rings. The van der Waals surface area contributed by atoms with E-state index >= 15 is 9.59 Å². The molecule has 0 amide bonds. The Morgan fingerprint density at radius 1 is 0.308 bits per heavy atom. The van der Waals surface area contributed by atoms with Crippen molar-refractivity contribution >= 4 is 11.9 Å². The van der Waals surface area contributed by atoms with Crippen LogP contribution in [-0.4, -0.2) is 186 Å². The van der Waals surface area contributed by atoms with Gasteiger partial charge >= 0.3 is 11.9 Å². The summed E-state index contributed by atoms with van der Waals surface area (Å²) in [5.74, 6) is -1.49. The maximum absolute atomic E-state index is 15.1. The van der Waals surface area contributed by atoms with E-state index in [4.69, 9.17) is 85.9 Å². The quantitative estimate of drug-likeness (QED) is 0.0151. The number of benzene rings is 8. The third-order valence-corrected chi connectivity index (χ3v) is 19.7. The fraction of sp³-hybridized carbons (Fsp3) is 0.425. The minimum absolute atomic E-state index is 0.000373. The molecule has 0 radical (unpaired) electrons. The molecule has 0 aromatic heterocycles. The van der Waals surface area contributed by atoms with Crippen molar-refractivity contribution in [3.8, 4) is 78.6 Å². The molecule has 20 nitrogen and oxygen atoms in total. The van der Waals surface area contributed by atoms with Crippen LogP contribution in [0.1, 0.15) is 120 Å². The molecule has 0 aliphatic heterocycles. The molecule has 0 atom stereocenters. The van der Waals surface area contributed by atoms with Gasteiger partial charge in [-0.15, -0.1) is 0 Å². The molecule has 0 unspecified atom stereocenters. The average Bonchev–Trinajstić information content (AvgIpc) is 1.55. The van der Waals surface area contributed by atoms with E-state index in [-0.39, 0.29) is 111 Å². The highest BCUT2D eigenvalue weighted by Gasteiger charge is 2.50. The molecule has 0 heterocycles. The van der Waals surface area contributed by atoms with Crippen LogP contribution in [0, 0.1) is 0 Å². The summed E-state index contributed by atoms with van der Waals surface area (Å²) in [5, 5.41) is 0. The van der Waals surface area contributed by atoms with Crippen LogP contribution in [-0.2, 0) is 82.9 Å². The Morgan fingerprint density at radius 2 is 0.645 bits per heavy atom. The molecule has 570 valence electrons. The summed E-state index contributed by atoms with van der Waals surface area (Å²) in [7, 11) is 5.85. The highest BCUT2D eigenvalue weighted by atomic mass is 17.2. The summed E-state index contributed by atoms with van der Waals surface area (Å²) in [6, 6.07) is 50.7. The summed E-state index contributed by atoms with van der Waals surface area (Å²) >= 11 is 0. The van der Waals surface area contributed by atoms with Crippen molar-refractivity contribution < 1.29 is 95.5 Å². The van der Waals surface area contributed by atoms with E-state index in [2.05, 4.69) is 149 Å². The summed E-state index contributed by atoms with van der Waals surface area (Å²) in [6.07, 6.45) is 1.75. The molecule has 0 N–H and O–H groups in total. The summed E-state index contributed by atoms with van der Waals surface area (Å²) in [4.78, 5) is 55.0. The molecular weight excluding hydrogens is 1360 g/mol. The average molecular weight is 1470 g/mol. The number of carbonyl (C=O) groups is 2. The molecule has 8 aromatic carbocycles. The topological polar surface area (TPSA) is 200 Å². The first-order valence-corrected chi connectivity index (χ1v) is 37.0. The first-order chi connectivity index (χ1) is 52.3. The van der Waals surface area contributed by atoms with Crippen LogP contribution in [0.2, 0.25) is 0 Å². The van der Waals surface area contributed by atoms with Gasteiger partial charge in [0.05, 0.1) is 125 Å². The first kappa shape index (κ1) is 79.5. The predicted octanol–water partition coefficient (Wildman–Crippen LogP) is 15.2.